The number of rotatable bonds is 3. The van der Waals surface area contributed by atoms with E-state index in [2.05, 4.69) is 5.32 Å². The van der Waals surface area contributed by atoms with Gasteiger partial charge in [0.05, 0.1) is 11.6 Å². The van der Waals surface area contributed by atoms with Crippen molar-refractivity contribution in [3.8, 4) is 6.07 Å². The Morgan fingerprint density at radius 3 is 2.58 bits per heavy atom. The van der Waals surface area contributed by atoms with Crippen LogP contribution in [0.3, 0.4) is 0 Å². The van der Waals surface area contributed by atoms with Gasteiger partial charge in [0.15, 0.2) is 0 Å². The smallest absolute Gasteiger partial charge is 0.251 e. The van der Waals surface area contributed by atoms with Crippen molar-refractivity contribution in [1.29, 1.82) is 5.26 Å². The van der Waals surface area contributed by atoms with Crippen molar-refractivity contribution in [3.05, 3.63) is 70.2 Å². The van der Waals surface area contributed by atoms with Gasteiger partial charge in [0.25, 0.3) is 5.91 Å². The zero-order valence-electron chi connectivity index (χ0n) is 10.1. The van der Waals surface area contributed by atoms with Crippen molar-refractivity contribution in [2.24, 2.45) is 0 Å². The fourth-order valence-electron chi connectivity index (χ4n) is 1.61. The molecule has 1 amide bonds. The molecule has 0 unspecified atom stereocenters. The summed E-state index contributed by atoms with van der Waals surface area (Å²) in [6.45, 7) is 0.414. The number of hydrogen-bond donors (Lipinski definition) is 1. The Balaban J connectivity index is 1.98. The van der Waals surface area contributed by atoms with Crippen molar-refractivity contribution in [2.45, 2.75) is 6.54 Å². The molecule has 0 spiro atoms. The molecule has 0 atom stereocenters. The van der Waals surface area contributed by atoms with E-state index in [-0.39, 0.29) is 5.91 Å². The molecule has 3 nitrogen and oxygen atoms in total. The average Bonchev–Trinajstić information content (AvgIpc) is 2.45. The molecule has 1 N–H and O–H groups in total. The second-order valence-electron chi connectivity index (χ2n) is 4.00. The summed E-state index contributed by atoms with van der Waals surface area (Å²) in [5.74, 6) is -0.174. The molecule has 2 aromatic rings. The number of carbonyl (C=O) groups excluding carboxylic acids is 1. The van der Waals surface area contributed by atoms with Gasteiger partial charge in [-0.05, 0) is 35.9 Å². The summed E-state index contributed by atoms with van der Waals surface area (Å²) in [7, 11) is 0. The number of carbonyl (C=O) groups is 1. The molecule has 94 valence electrons. The van der Waals surface area contributed by atoms with Gasteiger partial charge in [0.1, 0.15) is 0 Å². The highest BCUT2D eigenvalue weighted by atomic mass is 35.5. The molecule has 4 heteroatoms. The third kappa shape index (κ3) is 3.57. The Bertz CT molecular complexity index is 629. The molecule has 0 heterocycles. The molecule has 0 aliphatic heterocycles. The van der Waals surface area contributed by atoms with Gasteiger partial charge in [-0.3, -0.25) is 4.79 Å². The van der Waals surface area contributed by atoms with Gasteiger partial charge >= 0.3 is 0 Å². The van der Waals surface area contributed by atoms with Gasteiger partial charge in [0, 0.05) is 17.1 Å². The fraction of sp³-hybridized carbons (Fsp3) is 0.0667. The van der Waals surface area contributed by atoms with Gasteiger partial charge in [-0.25, -0.2) is 0 Å². The molecule has 2 rings (SSSR count). The SMILES string of the molecule is N#Cc1ccc(CNC(=O)c2cccc(Cl)c2)cc1. The van der Waals surface area contributed by atoms with Crippen molar-refractivity contribution in [3.63, 3.8) is 0 Å². The maximum atomic E-state index is 11.9. The Morgan fingerprint density at radius 1 is 1.21 bits per heavy atom. The molecular formula is C15H11ClN2O. The second-order valence-corrected chi connectivity index (χ2v) is 4.44. The summed E-state index contributed by atoms with van der Waals surface area (Å²) in [5.41, 5.74) is 2.07. The lowest BCUT2D eigenvalue weighted by Gasteiger charge is -2.05. The van der Waals surface area contributed by atoms with Crippen LogP contribution in [0.25, 0.3) is 0 Å². The van der Waals surface area contributed by atoms with Crippen LogP contribution < -0.4 is 5.32 Å². The van der Waals surface area contributed by atoms with Crippen LogP contribution in [0.1, 0.15) is 21.5 Å². The number of nitriles is 1. The van der Waals surface area contributed by atoms with Crippen LogP contribution in [0.15, 0.2) is 48.5 Å². The molecule has 2 aromatic carbocycles. The Labute approximate surface area is 116 Å². The van der Waals surface area contributed by atoms with Crippen LogP contribution in [0, 0.1) is 11.3 Å². The minimum Gasteiger partial charge on any atom is -0.348 e. The summed E-state index contributed by atoms with van der Waals surface area (Å²) in [6.07, 6.45) is 0. The van der Waals surface area contributed by atoms with Gasteiger partial charge < -0.3 is 5.32 Å². The first-order valence-electron chi connectivity index (χ1n) is 5.72. The molecule has 0 radical (unpaired) electrons. The van der Waals surface area contributed by atoms with Crippen LogP contribution in [0.2, 0.25) is 5.02 Å². The first-order chi connectivity index (χ1) is 9.19. The van der Waals surface area contributed by atoms with Gasteiger partial charge in [0.2, 0.25) is 0 Å². The maximum absolute atomic E-state index is 11.9. The zero-order valence-corrected chi connectivity index (χ0v) is 10.8. The van der Waals surface area contributed by atoms with Crippen molar-refractivity contribution >= 4 is 17.5 Å². The van der Waals surface area contributed by atoms with Crippen molar-refractivity contribution in [2.75, 3.05) is 0 Å². The highest BCUT2D eigenvalue weighted by Crippen LogP contribution is 2.10. The second kappa shape index (κ2) is 6.03. The Kier molecular flexibility index (Phi) is 4.17. The van der Waals surface area contributed by atoms with Crippen LogP contribution in [0.4, 0.5) is 0 Å². The van der Waals surface area contributed by atoms with Gasteiger partial charge in [-0.2, -0.15) is 5.26 Å². The topological polar surface area (TPSA) is 52.9 Å². The summed E-state index contributed by atoms with van der Waals surface area (Å²) in [5, 5.41) is 12.0. The summed E-state index contributed by atoms with van der Waals surface area (Å²) in [4.78, 5) is 11.9. The van der Waals surface area contributed by atoms with E-state index in [1.54, 1.807) is 36.4 Å². The van der Waals surface area contributed by atoms with E-state index in [1.807, 2.05) is 18.2 Å². The van der Waals surface area contributed by atoms with Crippen molar-refractivity contribution < 1.29 is 4.79 Å². The predicted octanol–water partition coefficient (Wildman–Crippen LogP) is 3.14. The number of amides is 1. The van der Waals surface area contributed by atoms with Gasteiger partial charge in [-0.1, -0.05) is 29.8 Å². The van der Waals surface area contributed by atoms with E-state index >= 15 is 0 Å². The lowest BCUT2D eigenvalue weighted by Crippen LogP contribution is -2.22. The van der Waals surface area contributed by atoms with Crippen LogP contribution in [-0.4, -0.2) is 5.91 Å². The lowest BCUT2D eigenvalue weighted by molar-refractivity contribution is 0.0951. The molecule has 0 fully saturated rings. The predicted molar refractivity (Wildman–Crippen MR) is 73.8 cm³/mol. The van der Waals surface area contributed by atoms with E-state index in [0.717, 1.165) is 5.56 Å². The van der Waals surface area contributed by atoms with E-state index < -0.39 is 0 Å². The monoisotopic (exact) mass is 270 g/mol. The number of halogens is 1. The van der Waals surface area contributed by atoms with E-state index in [4.69, 9.17) is 16.9 Å². The maximum Gasteiger partial charge on any atom is 0.251 e. The first-order valence-corrected chi connectivity index (χ1v) is 6.09. The number of hydrogen-bond acceptors (Lipinski definition) is 2. The average molecular weight is 271 g/mol. The molecule has 0 saturated carbocycles. The van der Waals surface area contributed by atoms with E-state index in [9.17, 15) is 4.79 Å². The summed E-state index contributed by atoms with van der Waals surface area (Å²) < 4.78 is 0. The van der Waals surface area contributed by atoms with Gasteiger partial charge in [-0.15, -0.1) is 0 Å². The highest BCUT2D eigenvalue weighted by molar-refractivity contribution is 6.30. The van der Waals surface area contributed by atoms with Crippen LogP contribution >= 0.6 is 11.6 Å². The van der Waals surface area contributed by atoms with Crippen LogP contribution in [-0.2, 0) is 6.54 Å². The highest BCUT2D eigenvalue weighted by Gasteiger charge is 2.05. The summed E-state index contributed by atoms with van der Waals surface area (Å²) in [6, 6.07) is 15.9. The lowest BCUT2D eigenvalue weighted by atomic mass is 10.1. The Hall–Kier alpha value is -2.31. The molecule has 0 aromatic heterocycles. The quantitative estimate of drug-likeness (QED) is 0.931. The third-order valence-electron chi connectivity index (χ3n) is 2.62. The summed E-state index contributed by atoms with van der Waals surface area (Å²) >= 11 is 5.83. The zero-order chi connectivity index (χ0) is 13.7. The normalized spacial score (nSPS) is 9.68. The van der Waals surface area contributed by atoms with Crippen molar-refractivity contribution in [1.82, 2.24) is 5.32 Å². The largest absolute Gasteiger partial charge is 0.348 e. The van der Waals surface area contributed by atoms with Crippen LogP contribution in [0.5, 0.6) is 0 Å². The molecule has 0 saturated heterocycles. The third-order valence-corrected chi connectivity index (χ3v) is 2.86. The molecule has 0 aliphatic carbocycles. The van der Waals surface area contributed by atoms with E-state index in [0.29, 0.717) is 22.7 Å². The standard InChI is InChI=1S/C15H11ClN2O/c16-14-3-1-2-13(8-14)15(19)18-10-12-6-4-11(9-17)5-7-12/h1-8H,10H2,(H,18,19). The number of benzene rings is 2. The first kappa shape index (κ1) is 13.1. The number of nitrogens with zero attached hydrogens (tertiary/aromatic N) is 1. The molecule has 0 bridgehead atoms. The van der Waals surface area contributed by atoms with E-state index in [1.165, 1.54) is 0 Å². The fourth-order valence-corrected chi connectivity index (χ4v) is 1.80. The minimum absolute atomic E-state index is 0.174. The molecule has 19 heavy (non-hydrogen) atoms. The number of nitrogens with one attached hydrogen (secondary N) is 1. The Morgan fingerprint density at radius 2 is 1.95 bits per heavy atom. The molecule has 0 aliphatic rings. The molecular weight excluding hydrogens is 260 g/mol. The minimum atomic E-state index is -0.174.